The van der Waals surface area contributed by atoms with Crippen molar-refractivity contribution in [3.63, 3.8) is 0 Å². The summed E-state index contributed by atoms with van der Waals surface area (Å²) in [5.41, 5.74) is 0. The summed E-state index contributed by atoms with van der Waals surface area (Å²) in [6.07, 6.45) is 15.9. The van der Waals surface area contributed by atoms with E-state index in [1.165, 1.54) is 6.08 Å². The normalized spacial score (nSPS) is 23.7. The predicted octanol–water partition coefficient (Wildman–Crippen LogP) is 3.49. The highest BCUT2D eigenvalue weighted by molar-refractivity contribution is 5.83. The van der Waals surface area contributed by atoms with Gasteiger partial charge in [0.1, 0.15) is 18.0 Å². The average molecular weight is 407 g/mol. The first kappa shape index (κ1) is 24.9. The van der Waals surface area contributed by atoms with E-state index in [1.807, 2.05) is 38.2 Å². The quantitative estimate of drug-likeness (QED) is 0.304. The molecule has 0 fully saturated rings. The second kappa shape index (κ2) is 13.9. The fourth-order valence-electron chi connectivity index (χ4n) is 2.86. The van der Waals surface area contributed by atoms with Crippen LogP contribution in [0.3, 0.4) is 0 Å². The van der Waals surface area contributed by atoms with E-state index in [0.717, 1.165) is 6.42 Å². The Morgan fingerprint density at radius 1 is 1.28 bits per heavy atom. The van der Waals surface area contributed by atoms with Crippen LogP contribution in [0.15, 0.2) is 60.4 Å². The lowest BCUT2D eigenvalue weighted by Crippen LogP contribution is -2.32. The number of hydrogen-bond donors (Lipinski definition) is 1. The molecule has 1 aliphatic heterocycles. The number of cyclic esters (lactones) is 1. The minimum atomic E-state index is -0.723. The third kappa shape index (κ3) is 8.81. The van der Waals surface area contributed by atoms with Crippen LogP contribution in [0.2, 0.25) is 0 Å². The minimum Gasteiger partial charge on any atom is -0.498 e. The number of aliphatic hydroxyl groups is 1. The molecule has 5 atom stereocenters. The van der Waals surface area contributed by atoms with Gasteiger partial charge in [0, 0.05) is 20.3 Å². The molecule has 0 aliphatic carbocycles. The molecule has 1 aliphatic rings. The molecule has 0 unspecified atom stereocenters. The Morgan fingerprint density at radius 3 is 2.66 bits per heavy atom. The molecule has 1 N–H and O–H groups in total. The van der Waals surface area contributed by atoms with E-state index in [9.17, 15) is 9.90 Å². The zero-order chi connectivity index (χ0) is 21.6. The van der Waals surface area contributed by atoms with Gasteiger partial charge in [-0.25, -0.2) is 4.79 Å². The largest absolute Gasteiger partial charge is 0.498 e. The second-order valence-electron chi connectivity index (χ2n) is 6.77. The van der Waals surface area contributed by atoms with E-state index in [2.05, 4.69) is 0 Å². The van der Waals surface area contributed by atoms with Crippen molar-refractivity contribution in [1.82, 2.24) is 0 Å². The molecule has 0 saturated carbocycles. The van der Waals surface area contributed by atoms with Gasteiger partial charge in [0.15, 0.2) is 6.10 Å². The molecule has 0 spiro atoms. The molecule has 0 aromatic rings. The summed E-state index contributed by atoms with van der Waals surface area (Å²) < 4.78 is 21.3. The molecule has 0 aromatic carbocycles. The Kier molecular flexibility index (Phi) is 12.0. The molecular weight excluding hydrogens is 372 g/mol. The van der Waals surface area contributed by atoms with E-state index in [0.29, 0.717) is 12.2 Å². The summed E-state index contributed by atoms with van der Waals surface area (Å²) in [6, 6.07) is 0. The Labute approximate surface area is 174 Å². The van der Waals surface area contributed by atoms with Crippen molar-refractivity contribution in [2.24, 2.45) is 5.92 Å². The van der Waals surface area contributed by atoms with Crippen LogP contribution in [-0.2, 0) is 23.7 Å². The Balaban J connectivity index is 2.65. The minimum absolute atomic E-state index is 0.0721. The predicted molar refractivity (Wildman–Crippen MR) is 113 cm³/mol. The van der Waals surface area contributed by atoms with Crippen molar-refractivity contribution in [2.75, 3.05) is 21.3 Å². The van der Waals surface area contributed by atoms with E-state index in [1.54, 1.807) is 45.6 Å². The topological polar surface area (TPSA) is 74.2 Å². The molecule has 1 rings (SSSR count). The van der Waals surface area contributed by atoms with E-state index < -0.39 is 12.2 Å². The summed E-state index contributed by atoms with van der Waals surface area (Å²) in [6.45, 7) is 4.00. The Hall–Kier alpha value is -2.15. The second-order valence-corrected chi connectivity index (χ2v) is 6.77. The van der Waals surface area contributed by atoms with Gasteiger partial charge in [-0.1, -0.05) is 44.2 Å². The number of esters is 1. The summed E-state index contributed by atoms with van der Waals surface area (Å²) in [7, 11) is 4.75. The van der Waals surface area contributed by atoms with Crippen molar-refractivity contribution in [3.8, 4) is 0 Å². The number of allylic oxidation sites excluding steroid dienone is 5. The first-order valence-corrected chi connectivity index (χ1v) is 9.84. The molecule has 0 saturated heterocycles. The summed E-state index contributed by atoms with van der Waals surface area (Å²) >= 11 is 0. The molecule has 0 radical (unpaired) electrons. The average Bonchev–Trinajstić information content (AvgIpc) is 2.73. The van der Waals surface area contributed by atoms with Gasteiger partial charge in [-0.15, -0.1) is 0 Å². The number of aliphatic hydroxyl groups excluding tert-OH is 1. The highest BCUT2D eigenvalue weighted by atomic mass is 16.6. The van der Waals surface area contributed by atoms with E-state index in [-0.39, 0.29) is 24.1 Å². The van der Waals surface area contributed by atoms with Crippen molar-refractivity contribution in [2.45, 2.75) is 51.1 Å². The smallest absolute Gasteiger partial charge is 0.331 e. The zero-order valence-corrected chi connectivity index (χ0v) is 18.0. The van der Waals surface area contributed by atoms with Gasteiger partial charge in [0.2, 0.25) is 0 Å². The molecule has 0 aromatic heterocycles. The van der Waals surface area contributed by atoms with E-state index >= 15 is 0 Å². The van der Waals surface area contributed by atoms with E-state index in [4.69, 9.17) is 18.9 Å². The van der Waals surface area contributed by atoms with Crippen molar-refractivity contribution in [1.29, 1.82) is 0 Å². The van der Waals surface area contributed by atoms with Crippen molar-refractivity contribution in [3.05, 3.63) is 60.4 Å². The molecule has 1 heterocycles. The fourth-order valence-corrected chi connectivity index (χ4v) is 2.86. The van der Waals surface area contributed by atoms with Crippen LogP contribution in [0.25, 0.3) is 0 Å². The van der Waals surface area contributed by atoms with Gasteiger partial charge < -0.3 is 24.1 Å². The monoisotopic (exact) mass is 406 g/mol. The SMILES string of the molecule is CC/C=C/C=C(\OC)[C@H](O)[C@H](C)C[C@H](/C=C/C=C/[C@H]1OC(=O)C=C[C@@H]1OC)OC. The van der Waals surface area contributed by atoms with Crippen LogP contribution in [0.4, 0.5) is 0 Å². The Bertz CT molecular complexity index is 631. The molecule has 0 bridgehead atoms. The van der Waals surface area contributed by atoms with Crippen LogP contribution >= 0.6 is 0 Å². The Morgan fingerprint density at radius 2 is 2.03 bits per heavy atom. The third-order valence-corrected chi connectivity index (χ3v) is 4.61. The molecular formula is C23H34O6. The lowest BCUT2D eigenvalue weighted by Gasteiger charge is -2.23. The van der Waals surface area contributed by atoms with Crippen LogP contribution in [-0.4, -0.2) is 56.8 Å². The lowest BCUT2D eigenvalue weighted by atomic mass is 9.95. The summed E-state index contributed by atoms with van der Waals surface area (Å²) in [5, 5.41) is 10.6. The number of methoxy groups -OCH3 is 3. The zero-order valence-electron chi connectivity index (χ0n) is 18.0. The maximum Gasteiger partial charge on any atom is 0.331 e. The van der Waals surface area contributed by atoms with Crippen LogP contribution in [0.5, 0.6) is 0 Å². The highest BCUT2D eigenvalue weighted by Gasteiger charge is 2.24. The number of carbonyl (C=O) groups is 1. The number of carbonyl (C=O) groups excluding carboxylic acids is 1. The number of rotatable bonds is 12. The highest BCUT2D eigenvalue weighted by Crippen LogP contribution is 2.20. The molecule has 6 nitrogen and oxygen atoms in total. The summed E-state index contributed by atoms with van der Waals surface area (Å²) in [4.78, 5) is 11.4. The standard InChI is InChI=1S/C23H34O6/c1-6-7-8-13-21(28-5)23(25)17(2)16-18(26-3)11-9-10-12-20-19(27-4)14-15-22(24)29-20/h7-15,17-20,23,25H,6,16H2,1-5H3/b8-7+,11-9+,12-10+,21-13-/t17-,18+,19+,20-,23-/m1/s1. The molecule has 6 heteroatoms. The van der Waals surface area contributed by atoms with Gasteiger partial charge in [-0.05, 0) is 37.0 Å². The fraction of sp³-hybridized carbons (Fsp3) is 0.522. The number of hydrogen-bond acceptors (Lipinski definition) is 6. The van der Waals surface area contributed by atoms with Gasteiger partial charge in [0.25, 0.3) is 0 Å². The first-order valence-electron chi connectivity index (χ1n) is 9.84. The van der Waals surface area contributed by atoms with Crippen molar-refractivity contribution < 1.29 is 28.8 Å². The number of ether oxygens (including phenoxy) is 4. The maximum absolute atomic E-state index is 11.4. The lowest BCUT2D eigenvalue weighted by molar-refractivity contribution is -0.147. The molecule has 29 heavy (non-hydrogen) atoms. The molecule has 0 amide bonds. The van der Waals surface area contributed by atoms with Gasteiger partial charge in [-0.3, -0.25) is 0 Å². The van der Waals surface area contributed by atoms with Crippen molar-refractivity contribution >= 4 is 5.97 Å². The van der Waals surface area contributed by atoms with Crippen LogP contribution in [0.1, 0.15) is 26.7 Å². The van der Waals surface area contributed by atoms with Crippen LogP contribution in [0, 0.1) is 5.92 Å². The van der Waals surface area contributed by atoms with Gasteiger partial charge >= 0.3 is 5.97 Å². The van der Waals surface area contributed by atoms with Gasteiger partial charge in [0.05, 0.1) is 13.2 Å². The van der Waals surface area contributed by atoms with Gasteiger partial charge in [-0.2, -0.15) is 0 Å². The molecule has 162 valence electrons. The third-order valence-electron chi connectivity index (χ3n) is 4.61. The van der Waals surface area contributed by atoms with Crippen LogP contribution < -0.4 is 0 Å². The first-order chi connectivity index (χ1) is 14.0. The summed E-state index contributed by atoms with van der Waals surface area (Å²) in [5.74, 6) is 0.0705. The maximum atomic E-state index is 11.4.